The summed E-state index contributed by atoms with van der Waals surface area (Å²) in [6.07, 6.45) is 0. The van der Waals surface area contributed by atoms with E-state index in [4.69, 9.17) is 0 Å². The lowest BCUT2D eigenvalue weighted by Crippen LogP contribution is -2.06. The zero-order valence-electron chi connectivity index (χ0n) is 12.0. The van der Waals surface area contributed by atoms with Crippen molar-refractivity contribution in [3.05, 3.63) is 36.0 Å². The number of hydrogen-bond donors (Lipinski definition) is 0. The topological polar surface area (TPSA) is 4.93 Å². The van der Waals surface area contributed by atoms with E-state index in [9.17, 15) is 0 Å². The monoisotopic (exact) mass is 231 g/mol. The van der Waals surface area contributed by atoms with Gasteiger partial charge in [-0.1, -0.05) is 45.9 Å². The van der Waals surface area contributed by atoms with Crippen molar-refractivity contribution in [2.75, 3.05) is 0 Å². The highest BCUT2D eigenvalue weighted by Gasteiger charge is 2.12. The van der Waals surface area contributed by atoms with Gasteiger partial charge in [-0.15, -0.1) is 0 Å². The van der Waals surface area contributed by atoms with Gasteiger partial charge in [-0.2, -0.15) is 0 Å². The molecule has 0 aliphatic carbocycles. The number of benzene rings is 1. The van der Waals surface area contributed by atoms with Gasteiger partial charge in [-0.05, 0) is 37.3 Å². The zero-order valence-corrected chi connectivity index (χ0v) is 12.0. The maximum Gasteiger partial charge on any atom is 0.0485 e. The van der Waals surface area contributed by atoms with Gasteiger partial charge in [0.05, 0.1) is 0 Å². The molecule has 0 aliphatic heterocycles. The van der Waals surface area contributed by atoms with E-state index in [0.29, 0.717) is 12.0 Å². The summed E-state index contributed by atoms with van der Waals surface area (Å²) in [5.74, 6) is 0.583. The second-order valence-corrected chi connectivity index (χ2v) is 4.75. The molecule has 0 fully saturated rings. The number of para-hydroxylation sites is 1. The van der Waals surface area contributed by atoms with Crippen molar-refractivity contribution in [1.29, 1.82) is 0 Å². The molecule has 0 aliphatic rings. The Morgan fingerprint density at radius 1 is 0.941 bits per heavy atom. The average molecular weight is 231 g/mol. The van der Waals surface area contributed by atoms with Crippen LogP contribution in [0.4, 0.5) is 0 Å². The minimum Gasteiger partial charge on any atom is -0.342 e. The van der Waals surface area contributed by atoms with E-state index in [1.807, 2.05) is 13.8 Å². The standard InChI is InChI=1S/C14H19N.C2H6/c1-10(2)14-9-12-7-5-6-8-13(12)15(14)11(3)4;1-2/h5-11H,1-4H3;1-2H3. The van der Waals surface area contributed by atoms with Crippen molar-refractivity contribution in [1.82, 2.24) is 4.57 Å². The van der Waals surface area contributed by atoms with Crippen LogP contribution >= 0.6 is 0 Å². The van der Waals surface area contributed by atoms with Gasteiger partial charge in [0, 0.05) is 17.3 Å². The van der Waals surface area contributed by atoms with E-state index >= 15 is 0 Å². The van der Waals surface area contributed by atoms with Crippen LogP contribution in [-0.2, 0) is 0 Å². The summed E-state index contributed by atoms with van der Waals surface area (Å²) in [5, 5.41) is 1.36. The zero-order chi connectivity index (χ0) is 13.0. The average Bonchev–Trinajstić information content (AvgIpc) is 2.71. The molecule has 1 heterocycles. The van der Waals surface area contributed by atoms with Crippen LogP contribution in [0.3, 0.4) is 0 Å². The van der Waals surface area contributed by atoms with E-state index in [1.165, 1.54) is 16.6 Å². The van der Waals surface area contributed by atoms with Gasteiger partial charge in [0.15, 0.2) is 0 Å². The van der Waals surface area contributed by atoms with Crippen molar-refractivity contribution in [2.24, 2.45) is 0 Å². The molecule has 94 valence electrons. The van der Waals surface area contributed by atoms with E-state index in [0.717, 1.165) is 0 Å². The first-order valence-corrected chi connectivity index (χ1v) is 6.71. The number of aromatic nitrogens is 1. The van der Waals surface area contributed by atoms with Crippen LogP contribution in [0.25, 0.3) is 10.9 Å². The maximum absolute atomic E-state index is 2.44. The predicted octanol–water partition coefficient (Wildman–Crippen LogP) is 5.37. The Morgan fingerprint density at radius 2 is 1.53 bits per heavy atom. The molecule has 2 aromatic rings. The van der Waals surface area contributed by atoms with Crippen LogP contribution in [0, 0.1) is 0 Å². The molecular weight excluding hydrogens is 206 g/mol. The number of nitrogens with zero attached hydrogens (tertiary/aromatic N) is 1. The molecule has 0 unspecified atom stereocenters. The molecule has 0 saturated carbocycles. The maximum atomic E-state index is 2.44. The largest absolute Gasteiger partial charge is 0.342 e. The second kappa shape index (κ2) is 5.90. The number of fused-ring (bicyclic) bond motifs is 1. The summed E-state index contributed by atoms with van der Waals surface area (Å²) >= 11 is 0. The molecule has 1 heteroatoms. The molecular formula is C16H25N. The van der Waals surface area contributed by atoms with Crippen LogP contribution < -0.4 is 0 Å². The second-order valence-electron chi connectivity index (χ2n) is 4.75. The SMILES string of the molecule is CC.CC(C)c1cc2ccccc2n1C(C)C. The number of rotatable bonds is 2. The van der Waals surface area contributed by atoms with Gasteiger partial charge in [0.1, 0.15) is 0 Å². The van der Waals surface area contributed by atoms with Crippen molar-refractivity contribution in [2.45, 2.75) is 53.5 Å². The van der Waals surface area contributed by atoms with Gasteiger partial charge in [-0.3, -0.25) is 0 Å². The Balaban J connectivity index is 0.000000686. The molecule has 0 bridgehead atoms. The van der Waals surface area contributed by atoms with E-state index in [1.54, 1.807) is 0 Å². The summed E-state index contributed by atoms with van der Waals surface area (Å²) in [4.78, 5) is 0. The highest BCUT2D eigenvalue weighted by molar-refractivity contribution is 5.81. The fourth-order valence-corrected chi connectivity index (χ4v) is 2.22. The summed E-state index contributed by atoms with van der Waals surface area (Å²) in [7, 11) is 0. The first-order chi connectivity index (χ1) is 8.11. The molecule has 1 aromatic heterocycles. The van der Waals surface area contributed by atoms with Crippen LogP contribution in [0.15, 0.2) is 30.3 Å². The van der Waals surface area contributed by atoms with Crippen LogP contribution in [0.1, 0.15) is 59.2 Å². The summed E-state index contributed by atoms with van der Waals surface area (Å²) in [6.45, 7) is 13.0. The Kier molecular flexibility index (Phi) is 4.80. The Morgan fingerprint density at radius 3 is 2.06 bits per heavy atom. The van der Waals surface area contributed by atoms with Crippen LogP contribution in [0.5, 0.6) is 0 Å². The van der Waals surface area contributed by atoms with E-state index in [2.05, 4.69) is 62.6 Å². The quantitative estimate of drug-likeness (QED) is 0.654. The lowest BCUT2D eigenvalue weighted by Gasteiger charge is -2.16. The van der Waals surface area contributed by atoms with E-state index < -0.39 is 0 Å². The molecule has 1 nitrogen and oxygen atoms in total. The molecule has 0 saturated heterocycles. The molecule has 0 amide bonds. The van der Waals surface area contributed by atoms with Crippen molar-refractivity contribution < 1.29 is 0 Å². The van der Waals surface area contributed by atoms with Gasteiger partial charge in [0.2, 0.25) is 0 Å². The third-order valence-electron chi connectivity index (χ3n) is 2.89. The molecule has 2 rings (SSSR count). The van der Waals surface area contributed by atoms with Crippen molar-refractivity contribution in [3.63, 3.8) is 0 Å². The highest BCUT2D eigenvalue weighted by atomic mass is 15.0. The molecule has 0 spiro atoms. The summed E-state index contributed by atoms with van der Waals surface area (Å²) in [5.41, 5.74) is 2.79. The molecule has 0 radical (unpaired) electrons. The van der Waals surface area contributed by atoms with E-state index in [-0.39, 0.29) is 0 Å². The van der Waals surface area contributed by atoms with Gasteiger partial charge >= 0.3 is 0 Å². The molecule has 1 aromatic carbocycles. The van der Waals surface area contributed by atoms with Gasteiger partial charge in [0.25, 0.3) is 0 Å². The number of hydrogen-bond acceptors (Lipinski definition) is 0. The lowest BCUT2D eigenvalue weighted by molar-refractivity contribution is 0.577. The Bertz CT molecular complexity index is 463. The van der Waals surface area contributed by atoms with Crippen LogP contribution in [-0.4, -0.2) is 4.57 Å². The fourth-order valence-electron chi connectivity index (χ4n) is 2.22. The first kappa shape index (κ1) is 13.8. The predicted molar refractivity (Wildman–Crippen MR) is 77.8 cm³/mol. The molecule has 0 N–H and O–H groups in total. The minimum atomic E-state index is 0.530. The Hall–Kier alpha value is -1.24. The highest BCUT2D eigenvalue weighted by Crippen LogP contribution is 2.28. The smallest absolute Gasteiger partial charge is 0.0485 e. The third kappa shape index (κ3) is 2.71. The van der Waals surface area contributed by atoms with Gasteiger partial charge in [-0.25, -0.2) is 0 Å². The summed E-state index contributed by atoms with van der Waals surface area (Å²) in [6, 6.07) is 11.5. The van der Waals surface area contributed by atoms with Crippen molar-refractivity contribution >= 4 is 10.9 Å². The van der Waals surface area contributed by atoms with Crippen molar-refractivity contribution in [3.8, 4) is 0 Å². The molecule has 0 atom stereocenters. The lowest BCUT2D eigenvalue weighted by atomic mass is 10.1. The minimum absolute atomic E-state index is 0.530. The van der Waals surface area contributed by atoms with Crippen LogP contribution in [0.2, 0.25) is 0 Å². The van der Waals surface area contributed by atoms with Gasteiger partial charge < -0.3 is 4.57 Å². The Labute approximate surface area is 105 Å². The first-order valence-electron chi connectivity index (χ1n) is 6.71. The summed E-state index contributed by atoms with van der Waals surface area (Å²) < 4.78 is 2.44. The fraction of sp³-hybridized carbons (Fsp3) is 0.500. The molecule has 17 heavy (non-hydrogen) atoms. The normalized spacial score (nSPS) is 10.8. The third-order valence-corrected chi connectivity index (χ3v) is 2.89.